The van der Waals surface area contributed by atoms with Gasteiger partial charge in [0.1, 0.15) is 11.5 Å². The van der Waals surface area contributed by atoms with Crippen LogP contribution in [0, 0.1) is 0 Å². The van der Waals surface area contributed by atoms with Crippen molar-refractivity contribution >= 4 is 31.9 Å². The van der Waals surface area contributed by atoms with Gasteiger partial charge >= 0.3 is 5.97 Å². The number of aliphatic hydroxyl groups is 1. The zero-order valence-electron chi connectivity index (χ0n) is 9.06. The van der Waals surface area contributed by atoms with Crippen LogP contribution in [-0.2, 0) is 10.0 Å². The van der Waals surface area contributed by atoms with E-state index in [4.69, 9.17) is 10.2 Å². The largest absolute Gasteiger partial charge is 0.475 e. The van der Waals surface area contributed by atoms with Crippen molar-refractivity contribution in [3.63, 3.8) is 0 Å². The van der Waals surface area contributed by atoms with E-state index in [0.29, 0.717) is 6.07 Å². The maximum atomic E-state index is 12.7. The maximum absolute atomic E-state index is 12.7. The van der Waals surface area contributed by atoms with Crippen molar-refractivity contribution in [3.05, 3.63) is 16.5 Å². The summed E-state index contributed by atoms with van der Waals surface area (Å²) >= 11 is 2.67. The predicted molar refractivity (Wildman–Crippen MR) is 60.6 cm³/mol. The number of nitrogens with one attached hydrogen (secondary N) is 1. The molecule has 1 rings (SSSR count). The number of sulfonamides is 1. The molecule has 19 heavy (non-hydrogen) atoms. The molecule has 0 radical (unpaired) electrons. The number of halogens is 3. The first kappa shape index (κ1) is 16.0. The molecule has 0 fully saturated rings. The van der Waals surface area contributed by atoms with E-state index in [2.05, 4.69) is 20.3 Å². The van der Waals surface area contributed by atoms with E-state index < -0.39 is 50.4 Å². The molecule has 0 aliphatic rings. The lowest BCUT2D eigenvalue weighted by molar-refractivity contribution is -0.0437. The highest BCUT2D eigenvalue weighted by Crippen LogP contribution is 2.26. The van der Waals surface area contributed by atoms with Gasteiger partial charge in [0.05, 0.1) is 6.54 Å². The molecule has 0 aliphatic heterocycles. The minimum atomic E-state index is -4.39. The van der Waals surface area contributed by atoms with Crippen LogP contribution in [0.15, 0.2) is 20.0 Å². The molecular weight excluding hydrogens is 356 g/mol. The van der Waals surface area contributed by atoms with Crippen LogP contribution in [0.3, 0.4) is 0 Å². The summed E-state index contributed by atoms with van der Waals surface area (Å²) in [6.45, 7) is -2.85. The van der Waals surface area contributed by atoms with Crippen molar-refractivity contribution in [2.45, 2.75) is 10.8 Å². The lowest BCUT2D eigenvalue weighted by Gasteiger charge is -2.13. The number of aromatic carboxylic acids is 1. The number of carboxylic acid groups (broad SMARTS) is 1. The second-order valence-electron chi connectivity index (χ2n) is 3.39. The van der Waals surface area contributed by atoms with Gasteiger partial charge in [0.2, 0.25) is 15.8 Å². The fourth-order valence-electron chi connectivity index (χ4n) is 0.975. The molecule has 0 atom stereocenters. The molecule has 11 heteroatoms. The number of rotatable bonds is 6. The maximum Gasteiger partial charge on any atom is 0.371 e. The van der Waals surface area contributed by atoms with Crippen molar-refractivity contribution in [1.29, 1.82) is 0 Å². The van der Waals surface area contributed by atoms with Crippen LogP contribution in [0.1, 0.15) is 10.6 Å². The Bertz CT molecular complexity index is 584. The van der Waals surface area contributed by atoms with Crippen LogP contribution in [0.4, 0.5) is 8.78 Å². The van der Waals surface area contributed by atoms with E-state index in [1.807, 2.05) is 0 Å². The van der Waals surface area contributed by atoms with Crippen LogP contribution in [0.2, 0.25) is 0 Å². The van der Waals surface area contributed by atoms with E-state index in [1.54, 1.807) is 0 Å². The summed E-state index contributed by atoms with van der Waals surface area (Å²) < 4.78 is 54.4. The van der Waals surface area contributed by atoms with Crippen molar-refractivity contribution in [2.24, 2.45) is 0 Å². The molecule has 0 unspecified atom stereocenters. The number of carboxylic acids is 1. The normalized spacial score (nSPS) is 12.6. The third-order valence-corrected chi connectivity index (χ3v) is 4.17. The smallest absolute Gasteiger partial charge is 0.371 e. The predicted octanol–water partition coefficient (Wildman–Crippen LogP) is 0.646. The summed E-state index contributed by atoms with van der Waals surface area (Å²) in [6, 6.07) is 0.672. The number of hydrogen-bond donors (Lipinski definition) is 3. The molecule has 0 spiro atoms. The van der Waals surface area contributed by atoms with Gasteiger partial charge < -0.3 is 14.6 Å². The average molecular weight is 364 g/mol. The highest BCUT2D eigenvalue weighted by molar-refractivity contribution is 9.10. The Morgan fingerprint density at radius 1 is 1.53 bits per heavy atom. The molecule has 7 nitrogen and oxygen atoms in total. The van der Waals surface area contributed by atoms with Gasteiger partial charge in [0.15, 0.2) is 4.67 Å². The Kier molecular flexibility index (Phi) is 4.66. The van der Waals surface area contributed by atoms with Crippen molar-refractivity contribution in [1.82, 2.24) is 4.72 Å². The van der Waals surface area contributed by atoms with Gasteiger partial charge in [-0.2, -0.15) is 0 Å². The molecule has 1 heterocycles. The number of furan rings is 1. The monoisotopic (exact) mass is 363 g/mol. The quantitative estimate of drug-likeness (QED) is 0.682. The van der Waals surface area contributed by atoms with Gasteiger partial charge in [-0.25, -0.2) is 26.7 Å². The van der Waals surface area contributed by atoms with E-state index in [1.165, 1.54) is 4.72 Å². The van der Waals surface area contributed by atoms with Gasteiger partial charge in [-0.15, -0.1) is 0 Å². The zero-order chi connectivity index (χ0) is 14.8. The molecule has 0 amide bonds. The Balaban J connectivity index is 2.98. The van der Waals surface area contributed by atoms with Crippen LogP contribution < -0.4 is 4.72 Å². The SMILES string of the molecule is O=C(O)c1cc(S(=O)(=O)NCC(F)(F)CO)c(Br)o1. The number of aliphatic hydroxyl groups excluding tert-OH is 1. The van der Waals surface area contributed by atoms with E-state index in [-0.39, 0.29) is 0 Å². The third kappa shape index (κ3) is 3.96. The topological polar surface area (TPSA) is 117 Å². The second kappa shape index (κ2) is 5.53. The Morgan fingerprint density at radius 3 is 2.53 bits per heavy atom. The fraction of sp³-hybridized carbons (Fsp3) is 0.375. The van der Waals surface area contributed by atoms with E-state index in [0.717, 1.165) is 0 Å². The first-order chi connectivity index (χ1) is 8.59. The summed E-state index contributed by atoms with van der Waals surface area (Å²) in [5.74, 6) is -5.80. The highest BCUT2D eigenvalue weighted by Gasteiger charge is 2.32. The van der Waals surface area contributed by atoms with Crippen molar-refractivity contribution in [3.8, 4) is 0 Å². The van der Waals surface area contributed by atoms with E-state index in [9.17, 15) is 22.0 Å². The summed E-state index contributed by atoms with van der Waals surface area (Å²) in [5.41, 5.74) is 0. The lowest BCUT2D eigenvalue weighted by atomic mass is 10.4. The minimum absolute atomic E-state index is 0.426. The van der Waals surface area contributed by atoms with Gasteiger partial charge in [0, 0.05) is 6.07 Å². The summed E-state index contributed by atoms with van der Waals surface area (Å²) in [4.78, 5) is 9.95. The lowest BCUT2D eigenvalue weighted by Crippen LogP contribution is -2.38. The van der Waals surface area contributed by atoms with Crippen LogP contribution in [0.25, 0.3) is 0 Å². The van der Waals surface area contributed by atoms with Crippen molar-refractivity contribution in [2.75, 3.05) is 13.2 Å². The molecule has 0 saturated carbocycles. The minimum Gasteiger partial charge on any atom is -0.475 e. The first-order valence-electron chi connectivity index (χ1n) is 4.60. The molecule has 1 aromatic rings. The first-order valence-corrected chi connectivity index (χ1v) is 6.87. The molecule has 0 saturated heterocycles. The Morgan fingerprint density at radius 2 is 2.11 bits per heavy atom. The van der Waals surface area contributed by atoms with Gasteiger partial charge in [-0.05, 0) is 15.9 Å². The number of alkyl halides is 2. The van der Waals surface area contributed by atoms with Crippen molar-refractivity contribution < 1.29 is 36.6 Å². The van der Waals surface area contributed by atoms with Gasteiger partial charge in [-0.3, -0.25) is 0 Å². The zero-order valence-corrected chi connectivity index (χ0v) is 11.5. The van der Waals surface area contributed by atoms with Gasteiger partial charge in [-0.1, -0.05) is 0 Å². The standard InChI is InChI=1S/C8H8BrF2NO6S/c9-6-5(1-4(18-6)7(14)15)19(16,17)12-2-8(10,11)3-13/h1,12-13H,2-3H2,(H,14,15). The number of hydrogen-bond acceptors (Lipinski definition) is 5. The van der Waals surface area contributed by atoms with Crippen LogP contribution >= 0.6 is 15.9 Å². The molecular formula is C8H8BrF2NO6S. The summed E-state index contributed by atoms with van der Waals surface area (Å²) in [7, 11) is -4.39. The van der Waals surface area contributed by atoms with Crippen LogP contribution in [-0.4, -0.2) is 43.7 Å². The highest BCUT2D eigenvalue weighted by atomic mass is 79.9. The molecule has 1 aromatic heterocycles. The molecule has 108 valence electrons. The Labute approximate surface area is 114 Å². The average Bonchev–Trinajstić information content (AvgIpc) is 2.70. The van der Waals surface area contributed by atoms with Crippen LogP contribution in [0.5, 0.6) is 0 Å². The molecule has 0 bridgehead atoms. The van der Waals surface area contributed by atoms with Gasteiger partial charge in [0.25, 0.3) is 5.92 Å². The summed E-state index contributed by atoms with van der Waals surface area (Å²) in [6.07, 6.45) is 0. The second-order valence-corrected chi connectivity index (χ2v) is 5.85. The Hall–Kier alpha value is -1.04. The molecule has 3 N–H and O–H groups in total. The molecule has 0 aromatic carbocycles. The third-order valence-electron chi connectivity index (χ3n) is 1.91. The summed E-state index contributed by atoms with van der Waals surface area (Å²) in [5, 5.41) is 16.9. The van der Waals surface area contributed by atoms with E-state index >= 15 is 0 Å². The number of carbonyl (C=O) groups is 1. The molecule has 0 aliphatic carbocycles. The fourth-order valence-corrected chi connectivity index (χ4v) is 2.97.